The highest BCUT2D eigenvalue weighted by Gasteiger charge is 2.16. The third-order valence-electron chi connectivity index (χ3n) is 3.20. The summed E-state index contributed by atoms with van der Waals surface area (Å²) >= 11 is 5.31. The van der Waals surface area contributed by atoms with Crippen molar-refractivity contribution < 1.29 is 9.64 Å². The van der Waals surface area contributed by atoms with Crippen molar-refractivity contribution in [2.24, 2.45) is 0 Å². The van der Waals surface area contributed by atoms with Crippen LogP contribution in [-0.4, -0.2) is 50.5 Å². The fourth-order valence-corrected chi connectivity index (χ4v) is 2.25. The van der Waals surface area contributed by atoms with Gasteiger partial charge in [0.2, 0.25) is 0 Å². The lowest BCUT2D eigenvalue weighted by molar-refractivity contribution is -0.884. The van der Waals surface area contributed by atoms with E-state index in [9.17, 15) is 0 Å². The van der Waals surface area contributed by atoms with E-state index < -0.39 is 0 Å². The number of methoxy groups -OCH3 is 1. The number of likely N-dealkylation sites (N-methyl/N-ethyl adjacent to an activating group) is 1. The number of benzene rings is 1. The first kappa shape index (κ1) is 14.0. The summed E-state index contributed by atoms with van der Waals surface area (Å²) in [7, 11) is 3.87. The molecule has 1 saturated heterocycles. The number of hydrogen-bond donors (Lipinski definition) is 3. The Bertz CT molecular complexity index is 432. The van der Waals surface area contributed by atoms with Crippen LogP contribution in [0.1, 0.15) is 0 Å². The maximum atomic E-state index is 5.31. The molecule has 1 fully saturated rings. The molecule has 0 radical (unpaired) electrons. The second-order valence-electron chi connectivity index (χ2n) is 4.74. The standard InChI is InChI=1S/C13H20N4OS/c1-16-6-8-17(9-7-16)15-13(19)14-11-4-3-5-12(10-11)18-2/h3-5,10H,6-9H2,1-2H3,(H2,14,15,19)/p+1. The van der Waals surface area contributed by atoms with Gasteiger partial charge in [0.1, 0.15) is 5.75 Å². The van der Waals surface area contributed by atoms with E-state index in [-0.39, 0.29) is 0 Å². The van der Waals surface area contributed by atoms with Crippen LogP contribution in [-0.2, 0) is 0 Å². The normalized spacial score (nSPS) is 16.9. The van der Waals surface area contributed by atoms with Gasteiger partial charge in [0.15, 0.2) is 5.11 Å². The van der Waals surface area contributed by atoms with Crippen LogP contribution in [0, 0.1) is 0 Å². The summed E-state index contributed by atoms with van der Waals surface area (Å²) in [6.45, 7) is 4.28. The van der Waals surface area contributed by atoms with Gasteiger partial charge >= 0.3 is 0 Å². The van der Waals surface area contributed by atoms with Gasteiger partial charge in [0.05, 0.1) is 40.3 Å². The fourth-order valence-electron chi connectivity index (χ4n) is 2.00. The summed E-state index contributed by atoms with van der Waals surface area (Å²) in [5.74, 6) is 0.816. The number of thiocarbonyl (C=S) groups is 1. The van der Waals surface area contributed by atoms with E-state index in [2.05, 4.69) is 22.8 Å². The third-order valence-corrected chi connectivity index (χ3v) is 3.40. The number of hydrazine groups is 1. The van der Waals surface area contributed by atoms with Gasteiger partial charge in [-0.25, -0.2) is 5.01 Å². The van der Waals surface area contributed by atoms with E-state index >= 15 is 0 Å². The van der Waals surface area contributed by atoms with Crippen LogP contribution in [0.2, 0.25) is 0 Å². The Kier molecular flexibility index (Phi) is 4.95. The molecule has 1 heterocycles. The Morgan fingerprint density at radius 1 is 1.37 bits per heavy atom. The molecule has 1 aliphatic rings. The van der Waals surface area contributed by atoms with Gasteiger partial charge in [0.25, 0.3) is 0 Å². The first-order chi connectivity index (χ1) is 9.17. The van der Waals surface area contributed by atoms with Gasteiger partial charge in [-0.05, 0) is 24.4 Å². The minimum atomic E-state index is 0.618. The highest BCUT2D eigenvalue weighted by Crippen LogP contribution is 2.16. The maximum absolute atomic E-state index is 5.31. The highest BCUT2D eigenvalue weighted by molar-refractivity contribution is 7.80. The summed E-state index contributed by atoms with van der Waals surface area (Å²) in [5.41, 5.74) is 4.15. The van der Waals surface area contributed by atoms with Crippen LogP contribution in [0.25, 0.3) is 0 Å². The molecule has 0 spiro atoms. The monoisotopic (exact) mass is 281 g/mol. The van der Waals surface area contributed by atoms with Crippen molar-refractivity contribution in [3.05, 3.63) is 24.3 Å². The molecule has 6 heteroatoms. The van der Waals surface area contributed by atoms with Crippen molar-refractivity contribution in [1.82, 2.24) is 10.4 Å². The average Bonchev–Trinajstić information content (AvgIpc) is 2.41. The summed E-state index contributed by atoms with van der Waals surface area (Å²) in [6.07, 6.45) is 0. The molecule has 0 atom stereocenters. The number of anilines is 1. The van der Waals surface area contributed by atoms with E-state index in [1.165, 1.54) is 0 Å². The molecule has 0 amide bonds. The van der Waals surface area contributed by atoms with Gasteiger partial charge in [0, 0.05) is 11.8 Å². The predicted molar refractivity (Wildman–Crippen MR) is 80.5 cm³/mol. The van der Waals surface area contributed by atoms with Crippen LogP contribution in [0.5, 0.6) is 5.75 Å². The molecule has 2 rings (SSSR count). The van der Waals surface area contributed by atoms with Crippen molar-refractivity contribution in [2.75, 3.05) is 45.7 Å². The Morgan fingerprint density at radius 2 is 2.11 bits per heavy atom. The molecule has 0 aromatic heterocycles. The van der Waals surface area contributed by atoms with Gasteiger partial charge in [-0.2, -0.15) is 0 Å². The first-order valence-corrected chi connectivity index (χ1v) is 6.86. The highest BCUT2D eigenvalue weighted by atomic mass is 32.1. The topological polar surface area (TPSA) is 41.0 Å². The zero-order valence-electron chi connectivity index (χ0n) is 11.4. The number of nitrogens with zero attached hydrogens (tertiary/aromatic N) is 1. The quantitative estimate of drug-likeness (QED) is 0.665. The van der Waals surface area contributed by atoms with E-state index in [1.54, 1.807) is 12.0 Å². The Morgan fingerprint density at radius 3 is 2.79 bits per heavy atom. The minimum absolute atomic E-state index is 0.618. The number of piperazine rings is 1. The molecule has 0 unspecified atom stereocenters. The van der Waals surface area contributed by atoms with Crippen molar-refractivity contribution in [1.29, 1.82) is 0 Å². The summed E-state index contributed by atoms with van der Waals surface area (Å²) in [4.78, 5) is 1.56. The zero-order chi connectivity index (χ0) is 13.7. The molecule has 0 saturated carbocycles. The molecule has 0 aliphatic carbocycles. The lowest BCUT2D eigenvalue weighted by atomic mass is 10.3. The number of ether oxygens (including phenoxy) is 1. The Balaban J connectivity index is 1.83. The summed E-state index contributed by atoms with van der Waals surface area (Å²) < 4.78 is 5.18. The van der Waals surface area contributed by atoms with E-state index in [0.717, 1.165) is 37.6 Å². The molecule has 0 bridgehead atoms. The molecule has 1 aromatic carbocycles. The third kappa shape index (κ3) is 4.34. The summed E-state index contributed by atoms with van der Waals surface area (Å²) in [5, 5.41) is 5.94. The minimum Gasteiger partial charge on any atom is -0.497 e. The number of nitrogens with one attached hydrogen (secondary N) is 3. The SMILES string of the molecule is COc1cccc(NC(=S)NN2CC[NH+](C)CC2)c1. The van der Waals surface area contributed by atoms with Gasteiger partial charge in [-0.1, -0.05) is 6.07 Å². The largest absolute Gasteiger partial charge is 0.497 e. The van der Waals surface area contributed by atoms with Crippen LogP contribution in [0.4, 0.5) is 5.69 Å². The lowest BCUT2D eigenvalue weighted by Gasteiger charge is -2.31. The molecule has 5 nitrogen and oxygen atoms in total. The molecular weight excluding hydrogens is 260 g/mol. The van der Waals surface area contributed by atoms with Crippen molar-refractivity contribution in [3.8, 4) is 5.75 Å². The number of quaternary nitrogens is 1. The fraction of sp³-hybridized carbons (Fsp3) is 0.462. The van der Waals surface area contributed by atoms with Gasteiger partial charge in [-0.3, -0.25) is 5.43 Å². The van der Waals surface area contributed by atoms with E-state index in [0.29, 0.717) is 5.11 Å². The van der Waals surface area contributed by atoms with Crippen LogP contribution < -0.4 is 20.4 Å². The zero-order valence-corrected chi connectivity index (χ0v) is 12.2. The molecule has 19 heavy (non-hydrogen) atoms. The molecule has 104 valence electrons. The van der Waals surface area contributed by atoms with Crippen LogP contribution in [0.15, 0.2) is 24.3 Å². The molecule has 3 N–H and O–H groups in total. The second kappa shape index (κ2) is 6.70. The van der Waals surface area contributed by atoms with Gasteiger partial charge < -0.3 is 15.0 Å². The van der Waals surface area contributed by atoms with E-state index in [1.807, 2.05) is 24.3 Å². The van der Waals surface area contributed by atoms with Crippen molar-refractivity contribution >= 4 is 23.0 Å². The predicted octanol–water partition coefficient (Wildman–Crippen LogP) is -0.273. The maximum Gasteiger partial charge on any atom is 0.185 e. The van der Waals surface area contributed by atoms with Crippen LogP contribution >= 0.6 is 12.2 Å². The first-order valence-electron chi connectivity index (χ1n) is 6.45. The van der Waals surface area contributed by atoms with Crippen LogP contribution in [0.3, 0.4) is 0 Å². The van der Waals surface area contributed by atoms with Crippen molar-refractivity contribution in [3.63, 3.8) is 0 Å². The Hall–Kier alpha value is -1.37. The summed E-state index contributed by atoms with van der Waals surface area (Å²) in [6, 6.07) is 7.72. The lowest BCUT2D eigenvalue weighted by Crippen LogP contribution is -3.12. The number of hydrogen-bond acceptors (Lipinski definition) is 3. The van der Waals surface area contributed by atoms with Gasteiger partial charge in [-0.15, -0.1) is 0 Å². The number of rotatable bonds is 3. The Labute approximate surface area is 119 Å². The second-order valence-corrected chi connectivity index (χ2v) is 5.15. The molecular formula is C13H21N4OS+. The smallest absolute Gasteiger partial charge is 0.185 e. The van der Waals surface area contributed by atoms with Crippen molar-refractivity contribution in [2.45, 2.75) is 0 Å². The van der Waals surface area contributed by atoms with E-state index in [4.69, 9.17) is 17.0 Å². The molecule has 1 aromatic rings. The molecule has 1 aliphatic heterocycles. The average molecular weight is 281 g/mol.